The summed E-state index contributed by atoms with van der Waals surface area (Å²) in [6.45, 7) is 6.71. The molecule has 0 radical (unpaired) electrons. The van der Waals surface area contributed by atoms with Crippen LogP contribution in [0.4, 0.5) is 0 Å². The van der Waals surface area contributed by atoms with E-state index >= 15 is 0 Å². The zero-order chi connectivity index (χ0) is 13.2. The Hall–Kier alpha value is -0.610. The van der Waals surface area contributed by atoms with E-state index in [2.05, 4.69) is 19.2 Å². The number of rotatable bonds is 5. The Bertz CT molecular complexity index is 309. The largest absolute Gasteiger partial charge is 0.385 e. The van der Waals surface area contributed by atoms with Crippen LogP contribution in [0.25, 0.3) is 0 Å². The van der Waals surface area contributed by atoms with E-state index in [1.807, 2.05) is 4.90 Å². The van der Waals surface area contributed by atoms with Crippen molar-refractivity contribution < 1.29 is 9.53 Å². The first-order valence-corrected chi connectivity index (χ1v) is 7.02. The second-order valence-electron chi connectivity index (χ2n) is 6.53. The third-order valence-corrected chi connectivity index (χ3v) is 4.36. The van der Waals surface area contributed by atoms with Gasteiger partial charge in [0, 0.05) is 20.3 Å². The van der Waals surface area contributed by atoms with Crippen molar-refractivity contribution in [2.45, 2.75) is 51.5 Å². The Kier molecular flexibility index (Phi) is 3.97. The minimum absolute atomic E-state index is 0.123. The number of hydrogen-bond donors (Lipinski definition) is 1. The van der Waals surface area contributed by atoms with Gasteiger partial charge in [-0.2, -0.15) is 0 Å². The van der Waals surface area contributed by atoms with Crippen LogP contribution in [-0.4, -0.2) is 43.3 Å². The van der Waals surface area contributed by atoms with Crippen LogP contribution >= 0.6 is 0 Å². The van der Waals surface area contributed by atoms with Crippen molar-refractivity contribution in [2.75, 3.05) is 26.9 Å². The summed E-state index contributed by atoms with van der Waals surface area (Å²) in [5, 5.41) is 3.46. The normalized spacial score (nSPS) is 23.3. The first-order valence-electron chi connectivity index (χ1n) is 7.02. The molecule has 0 aromatic carbocycles. The average Bonchev–Trinajstić information content (AvgIpc) is 2.90. The summed E-state index contributed by atoms with van der Waals surface area (Å²) < 4.78 is 5.14. The number of carbonyl (C=O) groups is 1. The first kappa shape index (κ1) is 13.8. The van der Waals surface area contributed by atoms with Crippen molar-refractivity contribution in [3.8, 4) is 0 Å². The van der Waals surface area contributed by atoms with E-state index in [0.29, 0.717) is 5.91 Å². The van der Waals surface area contributed by atoms with Crippen molar-refractivity contribution in [1.82, 2.24) is 10.2 Å². The minimum Gasteiger partial charge on any atom is -0.385 e. The molecule has 1 heterocycles. The predicted octanol–water partition coefficient (Wildman–Crippen LogP) is 1.75. The molecule has 1 aliphatic heterocycles. The molecule has 4 nitrogen and oxygen atoms in total. The molecular weight excluding hydrogens is 228 g/mol. The fourth-order valence-corrected chi connectivity index (χ4v) is 3.17. The SMILES string of the molecule is COCCC(C)(C)CN1CNC2(CCCC2)C1=O. The van der Waals surface area contributed by atoms with Gasteiger partial charge in [0.2, 0.25) is 5.91 Å². The maximum atomic E-state index is 12.5. The number of hydrogen-bond acceptors (Lipinski definition) is 3. The molecule has 0 unspecified atom stereocenters. The molecule has 2 rings (SSSR count). The molecular formula is C14H26N2O2. The number of methoxy groups -OCH3 is 1. The van der Waals surface area contributed by atoms with E-state index in [4.69, 9.17) is 4.74 Å². The van der Waals surface area contributed by atoms with E-state index in [9.17, 15) is 4.79 Å². The maximum absolute atomic E-state index is 12.5. The lowest BCUT2D eigenvalue weighted by Gasteiger charge is -2.30. The Morgan fingerprint density at radius 2 is 2.06 bits per heavy atom. The highest BCUT2D eigenvalue weighted by Crippen LogP contribution is 2.35. The molecule has 0 aromatic rings. The number of amides is 1. The zero-order valence-electron chi connectivity index (χ0n) is 11.9. The van der Waals surface area contributed by atoms with Crippen LogP contribution in [0.1, 0.15) is 46.0 Å². The smallest absolute Gasteiger partial charge is 0.243 e. The zero-order valence-corrected chi connectivity index (χ0v) is 11.9. The van der Waals surface area contributed by atoms with Crippen molar-refractivity contribution in [3.05, 3.63) is 0 Å². The Morgan fingerprint density at radius 3 is 2.67 bits per heavy atom. The second kappa shape index (κ2) is 5.17. The van der Waals surface area contributed by atoms with Crippen LogP contribution in [0.2, 0.25) is 0 Å². The second-order valence-corrected chi connectivity index (χ2v) is 6.53. The van der Waals surface area contributed by atoms with Crippen molar-refractivity contribution >= 4 is 5.91 Å². The standard InChI is InChI=1S/C14H26N2O2/c1-13(2,8-9-18-3)10-16-11-15-14(12(16)17)6-4-5-7-14/h15H,4-11H2,1-3H3. The summed E-state index contributed by atoms with van der Waals surface area (Å²) in [4.78, 5) is 14.5. The van der Waals surface area contributed by atoms with E-state index in [1.165, 1.54) is 12.8 Å². The topological polar surface area (TPSA) is 41.6 Å². The third-order valence-electron chi connectivity index (χ3n) is 4.36. The quantitative estimate of drug-likeness (QED) is 0.812. The molecule has 1 amide bonds. The molecule has 18 heavy (non-hydrogen) atoms. The summed E-state index contributed by atoms with van der Waals surface area (Å²) in [7, 11) is 1.73. The van der Waals surface area contributed by atoms with E-state index in [1.54, 1.807) is 7.11 Å². The van der Waals surface area contributed by atoms with Crippen LogP contribution in [0.5, 0.6) is 0 Å². The molecule has 2 aliphatic rings. The van der Waals surface area contributed by atoms with Crippen LogP contribution in [-0.2, 0) is 9.53 Å². The van der Waals surface area contributed by atoms with Crippen LogP contribution in [0.3, 0.4) is 0 Å². The van der Waals surface area contributed by atoms with Gasteiger partial charge in [0.15, 0.2) is 0 Å². The van der Waals surface area contributed by atoms with E-state index < -0.39 is 0 Å². The Labute approximate surface area is 110 Å². The van der Waals surface area contributed by atoms with E-state index in [0.717, 1.165) is 39.1 Å². The summed E-state index contributed by atoms with van der Waals surface area (Å²) in [6.07, 6.45) is 5.38. The minimum atomic E-state index is -0.211. The molecule has 1 aliphatic carbocycles. The number of nitrogens with zero attached hydrogens (tertiary/aromatic N) is 1. The molecule has 4 heteroatoms. The van der Waals surface area contributed by atoms with Gasteiger partial charge in [-0.25, -0.2) is 0 Å². The maximum Gasteiger partial charge on any atom is 0.243 e. The molecule has 104 valence electrons. The van der Waals surface area contributed by atoms with Gasteiger partial charge in [0.05, 0.1) is 12.2 Å². The lowest BCUT2D eigenvalue weighted by molar-refractivity contribution is -0.133. The molecule has 0 aromatic heterocycles. The molecule has 1 saturated heterocycles. The molecule has 2 fully saturated rings. The van der Waals surface area contributed by atoms with Crippen molar-refractivity contribution in [3.63, 3.8) is 0 Å². The molecule has 1 saturated carbocycles. The fraction of sp³-hybridized carbons (Fsp3) is 0.929. The summed E-state index contributed by atoms with van der Waals surface area (Å²) in [6, 6.07) is 0. The highest BCUT2D eigenvalue weighted by atomic mass is 16.5. The predicted molar refractivity (Wildman–Crippen MR) is 71.2 cm³/mol. The van der Waals surface area contributed by atoms with Crippen LogP contribution in [0.15, 0.2) is 0 Å². The third kappa shape index (κ3) is 2.69. The highest BCUT2D eigenvalue weighted by molar-refractivity contribution is 5.88. The Morgan fingerprint density at radius 1 is 1.39 bits per heavy atom. The van der Waals surface area contributed by atoms with Crippen LogP contribution < -0.4 is 5.32 Å². The Balaban J connectivity index is 1.93. The average molecular weight is 254 g/mol. The number of carbonyl (C=O) groups excluding carboxylic acids is 1. The van der Waals surface area contributed by atoms with Gasteiger partial charge >= 0.3 is 0 Å². The lowest BCUT2D eigenvalue weighted by Crippen LogP contribution is -2.45. The summed E-state index contributed by atoms with van der Waals surface area (Å²) in [5.74, 6) is 0.325. The lowest BCUT2D eigenvalue weighted by atomic mass is 9.88. The summed E-state index contributed by atoms with van der Waals surface area (Å²) in [5.41, 5.74) is -0.0885. The van der Waals surface area contributed by atoms with Gasteiger partial charge in [-0.1, -0.05) is 26.7 Å². The van der Waals surface area contributed by atoms with Gasteiger partial charge in [-0.15, -0.1) is 0 Å². The monoisotopic (exact) mass is 254 g/mol. The van der Waals surface area contributed by atoms with Gasteiger partial charge in [0.25, 0.3) is 0 Å². The van der Waals surface area contributed by atoms with Crippen molar-refractivity contribution in [2.24, 2.45) is 5.41 Å². The molecule has 1 N–H and O–H groups in total. The fourth-order valence-electron chi connectivity index (χ4n) is 3.17. The van der Waals surface area contributed by atoms with Gasteiger partial charge in [-0.3, -0.25) is 10.1 Å². The number of ether oxygens (including phenoxy) is 1. The molecule has 1 spiro atoms. The van der Waals surface area contributed by atoms with E-state index in [-0.39, 0.29) is 11.0 Å². The summed E-state index contributed by atoms with van der Waals surface area (Å²) >= 11 is 0. The molecule has 0 bridgehead atoms. The van der Waals surface area contributed by atoms with Crippen LogP contribution in [0, 0.1) is 5.41 Å². The molecule has 0 atom stereocenters. The van der Waals surface area contributed by atoms with Gasteiger partial charge in [-0.05, 0) is 24.7 Å². The highest BCUT2D eigenvalue weighted by Gasteiger charge is 2.48. The van der Waals surface area contributed by atoms with Gasteiger partial charge in [0.1, 0.15) is 0 Å². The first-order chi connectivity index (χ1) is 8.49. The number of nitrogens with one attached hydrogen (secondary N) is 1. The van der Waals surface area contributed by atoms with Crippen molar-refractivity contribution in [1.29, 1.82) is 0 Å². The van der Waals surface area contributed by atoms with Gasteiger partial charge < -0.3 is 9.64 Å².